The normalized spacial score (nSPS) is 12.4. The first-order chi connectivity index (χ1) is 8.30. The Balaban J connectivity index is 2.71. The Morgan fingerprint density at radius 2 is 1.83 bits per heavy atom. The van der Waals surface area contributed by atoms with Crippen LogP contribution in [-0.4, -0.2) is 4.98 Å². The molecule has 0 amide bonds. The van der Waals surface area contributed by atoms with E-state index in [-0.39, 0.29) is 11.4 Å². The molecule has 0 unspecified atom stereocenters. The summed E-state index contributed by atoms with van der Waals surface area (Å²) in [6.07, 6.45) is -3.44. The maximum atomic E-state index is 13.6. The van der Waals surface area contributed by atoms with E-state index in [0.717, 1.165) is 18.3 Å². The van der Waals surface area contributed by atoms with Gasteiger partial charge >= 0.3 is 6.18 Å². The van der Waals surface area contributed by atoms with Gasteiger partial charge in [-0.1, -0.05) is 19.9 Å². The van der Waals surface area contributed by atoms with Gasteiger partial charge in [-0.15, -0.1) is 0 Å². The number of halogens is 4. The molecule has 1 aromatic heterocycles. The minimum absolute atomic E-state index is 0.118. The molecule has 0 aliphatic heterocycles. The van der Waals surface area contributed by atoms with Crippen molar-refractivity contribution in [2.24, 2.45) is 0 Å². The summed E-state index contributed by atoms with van der Waals surface area (Å²) in [7, 11) is 0. The molecular formula is C13H11F4N. The quantitative estimate of drug-likeness (QED) is 0.684. The summed E-state index contributed by atoms with van der Waals surface area (Å²) in [5, 5.41) is 0.429. The average Bonchev–Trinajstić information content (AvgIpc) is 2.26. The van der Waals surface area contributed by atoms with Gasteiger partial charge in [0.1, 0.15) is 5.82 Å². The fourth-order valence-corrected chi connectivity index (χ4v) is 1.95. The second kappa shape index (κ2) is 4.23. The molecule has 0 aliphatic carbocycles. The highest BCUT2D eigenvalue weighted by Crippen LogP contribution is 2.33. The zero-order valence-corrected chi connectivity index (χ0v) is 9.85. The second-order valence-corrected chi connectivity index (χ2v) is 4.40. The molecule has 0 spiro atoms. The van der Waals surface area contributed by atoms with E-state index < -0.39 is 17.6 Å². The molecular weight excluding hydrogens is 246 g/mol. The molecule has 0 aliphatic rings. The summed E-state index contributed by atoms with van der Waals surface area (Å²) in [4.78, 5) is 3.72. The van der Waals surface area contributed by atoms with Gasteiger partial charge in [-0.05, 0) is 18.1 Å². The summed E-state index contributed by atoms with van der Waals surface area (Å²) in [5.74, 6) is -0.607. The van der Waals surface area contributed by atoms with Crippen molar-refractivity contribution in [3.05, 3.63) is 41.3 Å². The van der Waals surface area contributed by atoms with Crippen LogP contribution in [0.5, 0.6) is 0 Å². The Morgan fingerprint density at radius 3 is 2.39 bits per heavy atom. The zero-order chi connectivity index (χ0) is 13.5. The van der Waals surface area contributed by atoms with Crippen LogP contribution in [0.25, 0.3) is 10.9 Å². The standard InChI is InChI=1S/C13H11F4N/c1-7(2)12-9-4-3-8(13(15,16)17)5-11(9)18-6-10(12)14/h3-7H,1-2H3. The van der Waals surface area contributed by atoms with Crippen molar-refractivity contribution in [1.82, 2.24) is 4.98 Å². The van der Waals surface area contributed by atoms with Gasteiger partial charge in [0.2, 0.25) is 0 Å². The van der Waals surface area contributed by atoms with Crippen LogP contribution in [0.1, 0.15) is 30.9 Å². The second-order valence-electron chi connectivity index (χ2n) is 4.40. The van der Waals surface area contributed by atoms with Gasteiger partial charge in [-0.25, -0.2) is 4.39 Å². The monoisotopic (exact) mass is 257 g/mol. The molecule has 1 nitrogen and oxygen atoms in total. The molecule has 0 atom stereocenters. The van der Waals surface area contributed by atoms with Crippen LogP contribution in [0, 0.1) is 5.82 Å². The van der Waals surface area contributed by atoms with Crippen LogP contribution in [0.3, 0.4) is 0 Å². The number of hydrogen-bond acceptors (Lipinski definition) is 1. The largest absolute Gasteiger partial charge is 0.416 e. The minimum Gasteiger partial charge on any atom is -0.253 e. The molecule has 0 fully saturated rings. The SMILES string of the molecule is CC(C)c1c(F)cnc2cc(C(F)(F)F)ccc12. The number of rotatable bonds is 1. The third kappa shape index (κ3) is 2.17. The third-order valence-electron chi connectivity index (χ3n) is 2.77. The van der Waals surface area contributed by atoms with Crippen LogP contribution >= 0.6 is 0 Å². The number of pyridine rings is 1. The number of nitrogens with zero attached hydrogens (tertiary/aromatic N) is 1. The van der Waals surface area contributed by atoms with E-state index in [4.69, 9.17) is 0 Å². The van der Waals surface area contributed by atoms with Crippen molar-refractivity contribution in [2.45, 2.75) is 25.9 Å². The Hall–Kier alpha value is -1.65. The lowest BCUT2D eigenvalue weighted by atomic mass is 9.97. The minimum atomic E-state index is -4.41. The van der Waals surface area contributed by atoms with Crippen molar-refractivity contribution < 1.29 is 17.6 Å². The Bertz CT molecular complexity index is 587. The van der Waals surface area contributed by atoms with Crippen LogP contribution in [0.2, 0.25) is 0 Å². The molecule has 5 heteroatoms. The summed E-state index contributed by atoms with van der Waals surface area (Å²) < 4.78 is 51.3. The van der Waals surface area contributed by atoms with Gasteiger partial charge < -0.3 is 0 Å². The van der Waals surface area contributed by atoms with Crippen molar-refractivity contribution >= 4 is 10.9 Å². The average molecular weight is 257 g/mol. The van der Waals surface area contributed by atoms with Gasteiger partial charge in [0.25, 0.3) is 0 Å². The topological polar surface area (TPSA) is 12.9 Å². The molecule has 18 heavy (non-hydrogen) atoms. The van der Waals surface area contributed by atoms with Gasteiger partial charge in [0.15, 0.2) is 0 Å². The smallest absolute Gasteiger partial charge is 0.253 e. The van der Waals surface area contributed by atoms with E-state index in [2.05, 4.69) is 4.98 Å². The lowest BCUT2D eigenvalue weighted by Crippen LogP contribution is -2.05. The molecule has 1 heterocycles. The van der Waals surface area contributed by atoms with Crippen molar-refractivity contribution in [3.63, 3.8) is 0 Å². The predicted octanol–water partition coefficient (Wildman–Crippen LogP) is 4.52. The Kier molecular flexibility index (Phi) is 3.00. The van der Waals surface area contributed by atoms with Crippen molar-refractivity contribution in [2.75, 3.05) is 0 Å². The summed E-state index contributed by atoms with van der Waals surface area (Å²) >= 11 is 0. The third-order valence-corrected chi connectivity index (χ3v) is 2.77. The van der Waals surface area contributed by atoms with Gasteiger partial charge in [0, 0.05) is 10.9 Å². The summed E-state index contributed by atoms with van der Waals surface area (Å²) in [5.41, 5.74) is -0.215. The van der Waals surface area contributed by atoms with Crippen molar-refractivity contribution in [3.8, 4) is 0 Å². The number of benzene rings is 1. The van der Waals surface area contributed by atoms with E-state index in [1.54, 1.807) is 13.8 Å². The maximum absolute atomic E-state index is 13.6. The Labute approximate surface area is 101 Å². The molecule has 0 radical (unpaired) electrons. The number of alkyl halides is 3. The summed E-state index contributed by atoms with van der Waals surface area (Å²) in [6.45, 7) is 3.57. The molecule has 2 aromatic rings. The van der Waals surface area contributed by atoms with Crippen LogP contribution < -0.4 is 0 Å². The Morgan fingerprint density at radius 1 is 1.17 bits per heavy atom. The highest BCUT2D eigenvalue weighted by atomic mass is 19.4. The van der Waals surface area contributed by atoms with E-state index in [0.29, 0.717) is 10.9 Å². The predicted molar refractivity (Wildman–Crippen MR) is 60.8 cm³/mol. The first kappa shape index (κ1) is 12.8. The number of hydrogen-bond donors (Lipinski definition) is 0. The summed E-state index contributed by atoms with van der Waals surface area (Å²) in [6, 6.07) is 3.18. The van der Waals surface area contributed by atoms with Crippen LogP contribution in [-0.2, 0) is 6.18 Å². The lowest BCUT2D eigenvalue weighted by molar-refractivity contribution is -0.137. The van der Waals surface area contributed by atoms with Crippen molar-refractivity contribution in [1.29, 1.82) is 0 Å². The highest BCUT2D eigenvalue weighted by Gasteiger charge is 2.30. The molecule has 0 bridgehead atoms. The first-order valence-corrected chi connectivity index (χ1v) is 5.46. The fraction of sp³-hybridized carbons (Fsp3) is 0.308. The molecule has 0 saturated carbocycles. The molecule has 0 saturated heterocycles. The van der Waals surface area contributed by atoms with E-state index in [1.807, 2.05) is 0 Å². The molecule has 1 aromatic carbocycles. The van der Waals surface area contributed by atoms with Gasteiger partial charge in [-0.3, -0.25) is 4.98 Å². The van der Waals surface area contributed by atoms with Gasteiger partial charge in [0.05, 0.1) is 17.3 Å². The first-order valence-electron chi connectivity index (χ1n) is 5.46. The zero-order valence-electron chi connectivity index (χ0n) is 9.85. The molecule has 2 rings (SSSR count). The molecule has 0 N–H and O–H groups in total. The highest BCUT2D eigenvalue weighted by molar-refractivity contribution is 5.83. The van der Waals surface area contributed by atoms with E-state index in [1.165, 1.54) is 6.07 Å². The van der Waals surface area contributed by atoms with Crippen LogP contribution in [0.15, 0.2) is 24.4 Å². The maximum Gasteiger partial charge on any atom is 0.416 e. The lowest BCUT2D eigenvalue weighted by Gasteiger charge is -2.12. The number of fused-ring (bicyclic) bond motifs is 1. The van der Waals surface area contributed by atoms with Gasteiger partial charge in [-0.2, -0.15) is 13.2 Å². The van der Waals surface area contributed by atoms with Crippen LogP contribution in [0.4, 0.5) is 17.6 Å². The molecule has 96 valence electrons. The van der Waals surface area contributed by atoms with E-state index >= 15 is 0 Å². The van der Waals surface area contributed by atoms with E-state index in [9.17, 15) is 17.6 Å². The fourth-order valence-electron chi connectivity index (χ4n) is 1.95. The number of aromatic nitrogens is 1.